The van der Waals surface area contributed by atoms with E-state index in [0.29, 0.717) is 40.8 Å². The van der Waals surface area contributed by atoms with Gasteiger partial charge < -0.3 is 19.3 Å². The number of methoxy groups -OCH3 is 1. The average Bonchev–Trinajstić information content (AvgIpc) is 3.37. The van der Waals surface area contributed by atoms with E-state index in [1.807, 2.05) is 18.2 Å². The number of carbonyl (C=O) groups excluding carboxylic acids is 1. The number of fused-ring (bicyclic) bond motifs is 6. The first-order valence-electron chi connectivity index (χ1n) is 12.4. The number of allylic oxidation sites excluding steroid dienone is 2. The van der Waals surface area contributed by atoms with Crippen molar-refractivity contribution < 1.29 is 24.1 Å². The van der Waals surface area contributed by atoms with E-state index in [4.69, 9.17) is 14.2 Å². The van der Waals surface area contributed by atoms with Gasteiger partial charge in [-0.25, -0.2) is 0 Å². The molecule has 1 aliphatic heterocycles. The molecule has 0 spiro atoms. The Labute approximate surface area is 195 Å². The molecule has 5 nitrogen and oxygen atoms in total. The molecular weight excluding hydrogens is 416 g/mol. The second kappa shape index (κ2) is 7.36. The summed E-state index contributed by atoms with van der Waals surface area (Å²) in [6, 6.07) is 3.88. The summed E-state index contributed by atoms with van der Waals surface area (Å²) >= 11 is 0. The Morgan fingerprint density at radius 2 is 1.91 bits per heavy atom. The topological polar surface area (TPSA) is 65.0 Å². The van der Waals surface area contributed by atoms with Crippen molar-refractivity contribution in [3.63, 3.8) is 0 Å². The van der Waals surface area contributed by atoms with Crippen LogP contribution >= 0.6 is 0 Å². The number of ether oxygens (including phenoxy) is 3. The van der Waals surface area contributed by atoms with Crippen LogP contribution in [0.4, 0.5) is 0 Å². The molecule has 6 rings (SSSR count). The zero-order valence-electron chi connectivity index (χ0n) is 19.9. The average molecular weight is 451 g/mol. The highest BCUT2D eigenvalue weighted by atomic mass is 16.7. The maximum Gasteiger partial charge on any atom is 0.231 e. The van der Waals surface area contributed by atoms with E-state index in [-0.39, 0.29) is 23.7 Å². The summed E-state index contributed by atoms with van der Waals surface area (Å²) in [5.74, 6) is 3.80. The minimum atomic E-state index is -0.274. The molecule has 6 atom stereocenters. The molecule has 0 radical (unpaired) electrons. The lowest BCUT2D eigenvalue weighted by atomic mass is 9.48. The monoisotopic (exact) mass is 450 g/mol. The van der Waals surface area contributed by atoms with E-state index < -0.39 is 0 Å². The molecule has 1 N–H and O–H groups in total. The molecule has 0 bridgehead atoms. The fourth-order valence-corrected chi connectivity index (χ4v) is 7.88. The van der Waals surface area contributed by atoms with Crippen LogP contribution in [0.25, 0.3) is 6.08 Å². The van der Waals surface area contributed by atoms with Crippen LogP contribution in [0.15, 0.2) is 29.4 Å². The lowest BCUT2D eigenvalue weighted by Crippen LogP contribution is -2.50. The van der Waals surface area contributed by atoms with E-state index >= 15 is 0 Å². The van der Waals surface area contributed by atoms with Gasteiger partial charge in [-0.2, -0.15) is 0 Å². The van der Waals surface area contributed by atoms with Crippen molar-refractivity contribution in [1.82, 2.24) is 0 Å². The van der Waals surface area contributed by atoms with Crippen molar-refractivity contribution in [2.24, 2.45) is 28.6 Å². The predicted octanol–water partition coefficient (Wildman–Crippen LogP) is 5.31. The van der Waals surface area contributed by atoms with Crippen LogP contribution in [0.1, 0.15) is 64.4 Å². The minimum absolute atomic E-state index is 0.184. The normalized spacial score (nSPS) is 40.2. The van der Waals surface area contributed by atoms with Crippen LogP contribution in [-0.2, 0) is 4.79 Å². The Morgan fingerprint density at radius 3 is 2.73 bits per heavy atom. The number of Topliss-reactive ketones (excluding diaryl/α,β-unsaturated/α-hetero) is 1. The molecule has 1 aromatic carbocycles. The predicted molar refractivity (Wildman–Crippen MR) is 125 cm³/mol. The number of hydrogen-bond donors (Lipinski definition) is 1. The van der Waals surface area contributed by atoms with Crippen molar-refractivity contribution in [1.29, 1.82) is 0 Å². The smallest absolute Gasteiger partial charge is 0.231 e. The highest BCUT2D eigenvalue weighted by Gasteiger charge is 2.59. The molecular formula is C28H34O5. The van der Waals surface area contributed by atoms with E-state index in [2.05, 4.69) is 19.9 Å². The maximum absolute atomic E-state index is 13.7. The summed E-state index contributed by atoms with van der Waals surface area (Å²) in [6.45, 7) is 4.83. The fourth-order valence-electron chi connectivity index (χ4n) is 7.88. The quantitative estimate of drug-likeness (QED) is 0.489. The SMILES string of the molecule is COc1cc(/C=C2\C[C@@H]3[C@@H]4CC=C5C[C@H](O)CC[C@]5(C)[C@@H]4CC[C@]3(C)C2=O)cc2c1OCO2. The van der Waals surface area contributed by atoms with Crippen molar-refractivity contribution >= 4 is 11.9 Å². The Hall–Kier alpha value is -2.27. The second-order valence-corrected chi connectivity index (χ2v) is 11.3. The number of hydrogen-bond acceptors (Lipinski definition) is 5. The van der Waals surface area contributed by atoms with E-state index in [0.717, 1.165) is 56.1 Å². The maximum atomic E-state index is 13.7. The molecule has 0 aromatic heterocycles. The van der Waals surface area contributed by atoms with Crippen LogP contribution in [-0.4, -0.2) is 30.9 Å². The van der Waals surface area contributed by atoms with Crippen LogP contribution in [0, 0.1) is 28.6 Å². The van der Waals surface area contributed by atoms with Crippen LogP contribution in [0.5, 0.6) is 17.2 Å². The molecule has 4 aliphatic carbocycles. The first kappa shape index (κ1) is 21.3. The molecule has 5 aliphatic rings. The first-order chi connectivity index (χ1) is 15.8. The van der Waals surface area contributed by atoms with Gasteiger partial charge in [0.25, 0.3) is 0 Å². The molecule has 33 heavy (non-hydrogen) atoms. The standard InChI is InChI=1S/C28H34O5/c1-27-8-6-19(29)14-18(27)4-5-20-21(27)7-9-28(2)22(20)13-17(26(28)30)10-16-11-23(31-3)25-24(12-16)32-15-33-25/h4,10-12,19-22,29H,5-9,13-15H2,1-3H3/b17-10+/t19-,20-,21-,22-,27+,28+/m1/s1. The third-order valence-electron chi connectivity index (χ3n) is 9.74. The highest BCUT2D eigenvalue weighted by Crippen LogP contribution is 2.64. The molecule has 0 saturated heterocycles. The summed E-state index contributed by atoms with van der Waals surface area (Å²) in [4.78, 5) is 13.7. The summed E-state index contributed by atoms with van der Waals surface area (Å²) in [5.41, 5.74) is 3.24. The van der Waals surface area contributed by atoms with Gasteiger partial charge in [-0.05, 0) is 97.5 Å². The Kier molecular flexibility index (Phi) is 4.75. The van der Waals surface area contributed by atoms with Crippen LogP contribution in [0.3, 0.4) is 0 Å². The number of rotatable bonds is 2. The zero-order valence-corrected chi connectivity index (χ0v) is 19.9. The number of benzene rings is 1. The Balaban J connectivity index is 1.33. The summed E-state index contributed by atoms with van der Waals surface area (Å²) < 4.78 is 16.6. The molecule has 0 unspecified atom stereocenters. The van der Waals surface area contributed by atoms with Crippen molar-refractivity contribution in [3.8, 4) is 17.2 Å². The Morgan fingerprint density at radius 1 is 1.09 bits per heavy atom. The van der Waals surface area contributed by atoms with E-state index in [1.165, 1.54) is 5.57 Å². The van der Waals surface area contributed by atoms with Gasteiger partial charge in [0.05, 0.1) is 13.2 Å². The number of aliphatic hydroxyl groups excluding tert-OH is 1. The summed E-state index contributed by atoms with van der Waals surface area (Å²) in [7, 11) is 1.63. The van der Waals surface area contributed by atoms with E-state index in [9.17, 15) is 9.90 Å². The number of ketones is 1. The number of aliphatic hydroxyl groups is 1. The van der Waals surface area contributed by atoms with E-state index in [1.54, 1.807) is 7.11 Å². The fraction of sp³-hybridized carbons (Fsp3) is 0.607. The molecule has 1 heterocycles. The lowest BCUT2D eigenvalue weighted by molar-refractivity contribution is -0.130. The van der Waals surface area contributed by atoms with Crippen molar-refractivity contribution in [2.45, 2.75) is 64.9 Å². The third-order valence-corrected chi connectivity index (χ3v) is 9.74. The van der Waals surface area contributed by atoms with Gasteiger partial charge in [0.15, 0.2) is 17.3 Å². The molecule has 3 saturated carbocycles. The van der Waals surface area contributed by atoms with Gasteiger partial charge >= 0.3 is 0 Å². The molecule has 0 amide bonds. The van der Waals surface area contributed by atoms with Gasteiger partial charge in [-0.15, -0.1) is 0 Å². The van der Waals surface area contributed by atoms with Crippen molar-refractivity contribution in [2.75, 3.05) is 13.9 Å². The van der Waals surface area contributed by atoms with Gasteiger partial charge in [0.2, 0.25) is 12.5 Å². The van der Waals surface area contributed by atoms with Gasteiger partial charge in [0.1, 0.15) is 0 Å². The molecule has 176 valence electrons. The minimum Gasteiger partial charge on any atom is -0.493 e. The summed E-state index contributed by atoms with van der Waals surface area (Å²) in [5, 5.41) is 10.2. The summed E-state index contributed by atoms with van der Waals surface area (Å²) in [6.07, 6.45) is 11.0. The van der Waals surface area contributed by atoms with Gasteiger partial charge in [0, 0.05) is 5.41 Å². The van der Waals surface area contributed by atoms with Crippen LogP contribution in [0.2, 0.25) is 0 Å². The van der Waals surface area contributed by atoms with Crippen molar-refractivity contribution in [3.05, 3.63) is 34.9 Å². The Bertz CT molecular complexity index is 1070. The van der Waals surface area contributed by atoms with Gasteiger partial charge in [-0.1, -0.05) is 25.5 Å². The van der Waals surface area contributed by atoms with Crippen LogP contribution < -0.4 is 14.2 Å². The zero-order chi connectivity index (χ0) is 23.0. The molecule has 3 fully saturated rings. The number of carbonyl (C=O) groups is 1. The molecule has 5 heteroatoms. The highest BCUT2D eigenvalue weighted by molar-refractivity contribution is 6.06. The third kappa shape index (κ3) is 3.04. The second-order valence-electron chi connectivity index (χ2n) is 11.3. The van der Waals surface area contributed by atoms with Gasteiger partial charge in [-0.3, -0.25) is 4.79 Å². The largest absolute Gasteiger partial charge is 0.493 e. The first-order valence-corrected chi connectivity index (χ1v) is 12.4. The molecule has 1 aromatic rings. The lowest BCUT2D eigenvalue weighted by Gasteiger charge is -2.56.